The zero-order valence-electron chi connectivity index (χ0n) is 12.7. The van der Waals surface area contributed by atoms with Crippen molar-refractivity contribution in [1.29, 1.82) is 0 Å². The van der Waals surface area contributed by atoms with Crippen LogP contribution in [0.3, 0.4) is 0 Å². The van der Waals surface area contributed by atoms with E-state index in [0.29, 0.717) is 0 Å². The van der Waals surface area contributed by atoms with Gasteiger partial charge in [0.25, 0.3) is 0 Å². The third kappa shape index (κ3) is 3.79. The van der Waals surface area contributed by atoms with Crippen LogP contribution in [-0.4, -0.2) is 30.8 Å². The lowest BCUT2D eigenvalue weighted by molar-refractivity contribution is -0.910. The molecule has 0 unspecified atom stereocenters. The van der Waals surface area contributed by atoms with E-state index >= 15 is 0 Å². The first-order valence-electron chi connectivity index (χ1n) is 7.75. The van der Waals surface area contributed by atoms with E-state index in [1.807, 2.05) is 36.5 Å². The molecule has 1 aliphatic rings. The summed E-state index contributed by atoms with van der Waals surface area (Å²) >= 11 is 0. The maximum atomic E-state index is 4.54. The summed E-state index contributed by atoms with van der Waals surface area (Å²) in [5, 5.41) is 0. The summed E-state index contributed by atoms with van der Waals surface area (Å²) in [5.41, 5.74) is 3.60. The monoisotopic (exact) mass is 279 g/mol. The number of benzene rings is 2. The first-order valence-corrected chi connectivity index (χ1v) is 7.75. The molecule has 3 rings (SSSR count). The van der Waals surface area contributed by atoms with E-state index in [0.717, 1.165) is 12.2 Å². The van der Waals surface area contributed by atoms with Crippen molar-refractivity contribution in [1.82, 2.24) is 0 Å². The highest BCUT2D eigenvalue weighted by atomic mass is 15.3. The minimum absolute atomic E-state index is 1.00. The highest BCUT2D eigenvalue weighted by Crippen LogP contribution is 2.21. The van der Waals surface area contributed by atoms with Crippen molar-refractivity contribution in [3.05, 3.63) is 65.7 Å². The molecule has 0 spiro atoms. The third-order valence-corrected chi connectivity index (χ3v) is 4.28. The molecule has 108 valence electrons. The molecule has 1 heterocycles. The molecule has 2 aromatic rings. The Morgan fingerprint density at radius 1 is 1.00 bits per heavy atom. The SMILES string of the molecule is C[N+]1(Cc2cccc(C=Nc3ccccc3)c2)CCCC1. The van der Waals surface area contributed by atoms with Crippen LogP contribution in [0.25, 0.3) is 0 Å². The molecule has 21 heavy (non-hydrogen) atoms. The first kappa shape index (κ1) is 14.0. The molecule has 0 bridgehead atoms. The summed E-state index contributed by atoms with van der Waals surface area (Å²) in [6.07, 6.45) is 4.69. The Balaban J connectivity index is 1.72. The van der Waals surface area contributed by atoms with Gasteiger partial charge in [-0.05, 0) is 23.8 Å². The number of quaternary nitrogens is 1. The van der Waals surface area contributed by atoms with Gasteiger partial charge in [-0.25, -0.2) is 0 Å². The van der Waals surface area contributed by atoms with Crippen LogP contribution in [0.4, 0.5) is 5.69 Å². The Morgan fingerprint density at radius 3 is 2.52 bits per heavy atom. The second-order valence-electron chi connectivity index (χ2n) is 6.27. The van der Waals surface area contributed by atoms with E-state index in [1.165, 1.54) is 41.5 Å². The lowest BCUT2D eigenvalue weighted by atomic mass is 10.1. The number of rotatable bonds is 4. The standard InChI is InChI=1S/C19H23N2/c1-21(12-5-6-13-21)16-18-9-7-8-17(14-18)15-20-19-10-3-2-4-11-19/h2-4,7-11,14-15H,5-6,12-13,16H2,1H3/q+1. The van der Waals surface area contributed by atoms with Gasteiger partial charge in [0.2, 0.25) is 0 Å². The fourth-order valence-corrected chi connectivity index (χ4v) is 3.13. The highest BCUT2D eigenvalue weighted by molar-refractivity contribution is 5.82. The molecule has 0 radical (unpaired) electrons. The van der Waals surface area contributed by atoms with Gasteiger partial charge in [0.05, 0.1) is 25.8 Å². The molecule has 0 atom stereocenters. The van der Waals surface area contributed by atoms with Crippen molar-refractivity contribution in [2.24, 2.45) is 4.99 Å². The van der Waals surface area contributed by atoms with Gasteiger partial charge < -0.3 is 4.48 Å². The zero-order valence-corrected chi connectivity index (χ0v) is 12.7. The second-order valence-corrected chi connectivity index (χ2v) is 6.27. The van der Waals surface area contributed by atoms with E-state index in [9.17, 15) is 0 Å². The largest absolute Gasteiger partial charge is 0.322 e. The van der Waals surface area contributed by atoms with E-state index in [-0.39, 0.29) is 0 Å². The minimum Gasteiger partial charge on any atom is -0.322 e. The van der Waals surface area contributed by atoms with Crippen molar-refractivity contribution < 1.29 is 4.48 Å². The summed E-state index contributed by atoms with van der Waals surface area (Å²) < 4.78 is 1.18. The summed E-state index contributed by atoms with van der Waals surface area (Å²) in [6.45, 7) is 3.75. The molecule has 2 nitrogen and oxygen atoms in total. The maximum absolute atomic E-state index is 4.54. The summed E-state index contributed by atoms with van der Waals surface area (Å²) in [4.78, 5) is 4.54. The van der Waals surface area contributed by atoms with Crippen molar-refractivity contribution in [3.8, 4) is 0 Å². The molecule has 2 heteroatoms. The van der Waals surface area contributed by atoms with Gasteiger partial charge in [0, 0.05) is 24.6 Å². The second kappa shape index (κ2) is 6.23. The van der Waals surface area contributed by atoms with Crippen molar-refractivity contribution in [2.45, 2.75) is 19.4 Å². The normalized spacial score (nSPS) is 17.4. The Morgan fingerprint density at radius 2 is 1.76 bits per heavy atom. The number of nitrogens with zero attached hydrogens (tertiary/aromatic N) is 2. The van der Waals surface area contributed by atoms with Crippen molar-refractivity contribution in [3.63, 3.8) is 0 Å². The summed E-state index contributed by atoms with van der Waals surface area (Å²) in [5.74, 6) is 0. The van der Waals surface area contributed by atoms with Gasteiger partial charge in [-0.3, -0.25) is 4.99 Å². The van der Waals surface area contributed by atoms with Gasteiger partial charge in [0.1, 0.15) is 6.54 Å². The fourth-order valence-electron chi connectivity index (χ4n) is 3.13. The summed E-state index contributed by atoms with van der Waals surface area (Å²) in [7, 11) is 2.37. The average molecular weight is 279 g/mol. The molecule has 1 fully saturated rings. The molecule has 0 saturated carbocycles. The zero-order chi connectivity index (χ0) is 14.5. The number of aliphatic imine (C=N–C) groups is 1. The van der Waals surface area contributed by atoms with Gasteiger partial charge >= 0.3 is 0 Å². The first-order chi connectivity index (χ1) is 10.2. The van der Waals surface area contributed by atoms with Gasteiger partial charge in [-0.1, -0.05) is 36.4 Å². The van der Waals surface area contributed by atoms with E-state index in [2.05, 4.69) is 36.3 Å². The number of likely N-dealkylation sites (tertiary alicyclic amines) is 1. The average Bonchev–Trinajstić information content (AvgIpc) is 2.93. The molecule has 0 amide bonds. The number of para-hydroxylation sites is 1. The van der Waals surface area contributed by atoms with Gasteiger partial charge in [-0.2, -0.15) is 0 Å². The van der Waals surface area contributed by atoms with Crippen molar-refractivity contribution in [2.75, 3.05) is 20.1 Å². The van der Waals surface area contributed by atoms with Crippen LogP contribution in [0.15, 0.2) is 59.6 Å². The number of hydrogen-bond donors (Lipinski definition) is 0. The Labute approximate surface area is 127 Å². The molecule has 2 aromatic carbocycles. The van der Waals surface area contributed by atoms with Gasteiger partial charge in [-0.15, -0.1) is 0 Å². The Hall–Kier alpha value is -1.93. The lowest BCUT2D eigenvalue weighted by Gasteiger charge is -2.29. The van der Waals surface area contributed by atoms with Crippen LogP contribution in [0.2, 0.25) is 0 Å². The molecule has 1 saturated heterocycles. The van der Waals surface area contributed by atoms with Crippen LogP contribution >= 0.6 is 0 Å². The minimum atomic E-state index is 1.00. The quantitative estimate of drug-likeness (QED) is 0.588. The Bertz CT molecular complexity index is 610. The van der Waals surface area contributed by atoms with Gasteiger partial charge in [0.15, 0.2) is 0 Å². The van der Waals surface area contributed by atoms with Crippen LogP contribution < -0.4 is 0 Å². The molecule has 0 aliphatic carbocycles. The van der Waals surface area contributed by atoms with Crippen LogP contribution in [0.5, 0.6) is 0 Å². The van der Waals surface area contributed by atoms with E-state index in [1.54, 1.807) is 0 Å². The predicted octanol–water partition coefficient (Wildman–Crippen LogP) is 4.18. The number of hydrogen-bond acceptors (Lipinski definition) is 1. The van der Waals surface area contributed by atoms with Crippen LogP contribution in [-0.2, 0) is 6.54 Å². The van der Waals surface area contributed by atoms with E-state index in [4.69, 9.17) is 0 Å². The van der Waals surface area contributed by atoms with Crippen molar-refractivity contribution >= 4 is 11.9 Å². The Kier molecular flexibility index (Phi) is 4.16. The molecule has 1 aliphatic heterocycles. The highest BCUT2D eigenvalue weighted by Gasteiger charge is 2.26. The topological polar surface area (TPSA) is 12.4 Å². The molecular formula is C19H23N2+. The predicted molar refractivity (Wildman–Crippen MR) is 89.0 cm³/mol. The summed E-state index contributed by atoms with van der Waals surface area (Å²) in [6, 6.07) is 18.9. The van der Waals surface area contributed by atoms with E-state index < -0.39 is 0 Å². The lowest BCUT2D eigenvalue weighted by Crippen LogP contribution is -2.39. The molecule has 0 aromatic heterocycles. The van der Waals surface area contributed by atoms with Crippen LogP contribution in [0, 0.1) is 0 Å². The van der Waals surface area contributed by atoms with Crippen LogP contribution in [0.1, 0.15) is 24.0 Å². The third-order valence-electron chi connectivity index (χ3n) is 4.28. The molecular weight excluding hydrogens is 256 g/mol. The fraction of sp³-hybridized carbons (Fsp3) is 0.316. The smallest absolute Gasteiger partial charge is 0.104 e. The maximum Gasteiger partial charge on any atom is 0.104 e. The molecule has 0 N–H and O–H groups in total.